The molecular formula is C20H21N3O2S. The number of rotatable bonds is 3. The molecule has 0 bridgehead atoms. The number of carbonyl (C=O) groups excluding carboxylic acids is 1. The van der Waals surface area contributed by atoms with Gasteiger partial charge in [0.15, 0.2) is 10.7 Å². The predicted molar refractivity (Wildman–Crippen MR) is 108 cm³/mol. The van der Waals surface area contributed by atoms with Crippen LogP contribution in [0, 0.1) is 19.8 Å². The van der Waals surface area contributed by atoms with Crippen molar-refractivity contribution in [2.75, 3.05) is 5.32 Å². The molecule has 3 rings (SSSR count). The molecule has 0 saturated carbocycles. The van der Waals surface area contributed by atoms with E-state index in [0.717, 1.165) is 33.5 Å². The van der Waals surface area contributed by atoms with Crippen molar-refractivity contribution in [1.82, 2.24) is 10.3 Å². The topological polar surface area (TPSA) is 67.2 Å². The summed E-state index contributed by atoms with van der Waals surface area (Å²) in [6.07, 6.45) is 0. The molecule has 26 heavy (non-hydrogen) atoms. The van der Waals surface area contributed by atoms with Crippen LogP contribution in [0.2, 0.25) is 0 Å². The van der Waals surface area contributed by atoms with Crippen LogP contribution in [0.15, 0.2) is 40.8 Å². The van der Waals surface area contributed by atoms with Gasteiger partial charge in [-0.3, -0.25) is 4.79 Å². The van der Waals surface area contributed by atoms with Gasteiger partial charge < -0.3 is 15.1 Å². The Balaban J connectivity index is 1.86. The second-order valence-electron chi connectivity index (χ2n) is 6.62. The van der Waals surface area contributed by atoms with E-state index in [4.69, 9.17) is 16.6 Å². The highest BCUT2D eigenvalue weighted by Crippen LogP contribution is 2.28. The minimum absolute atomic E-state index is 0.120. The summed E-state index contributed by atoms with van der Waals surface area (Å²) in [5, 5.41) is 6.04. The summed E-state index contributed by atoms with van der Waals surface area (Å²) in [6.45, 7) is 7.62. The zero-order valence-electron chi connectivity index (χ0n) is 15.2. The van der Waals surface area contributed by atoms with Crippen molar-refractivity contribution in [3.63, 3.8) is 0 Å². The van der Waals surface area contributed by atoms with Gasteiger partial charge in [-0.1, -0.05) is 26.0 Å². The number of oxazole rings is 1. The fourth-order valence-electron chi connectivity index (χ4n) is 2.45. The van der Waals surface area contributed by atoms with Gasteiger partial charge in [0.05, 0.1) is 0 Å². The number of aryl methyl sites for hydroxylation is 2. The highest BCUT2D eigenvalue weighted by molar-refractivity contribution is 7.80. The van der Waals surface area contributed by atoms with Crippen LogP contribution in [0.1, 0.15) is 25.0 Å². The Morgan fingerprint density at radius 3 is 2.65 bits per heavy atom. The number of carbonyl (C=O) groups is 1. The van der Waals surface area contributed by atoms with E-state index in [1.807, 2.05) is 64.1 Å². The molecule has 0 saturated heterocycles. The number of hydrogen-bond acceptors (Lipinski definition) is 4. The highest BCUT2D eigenvalue weighted by atomic mass is 32.1. The number of hydrogen-bond donors (Lipinski definition) is 2. The molecule has 1 heterocycles. The van der Waals surface area contributed by atoms with Gasteiger partial charge in [-0.15, -0.1) is 0 Å². The minimum atomic E-state index is -0.134. The largest absolute Gasteiger partial charge is 0.436 e. The van der Waals surface area contributed by atoms with Crippen molar-refractivity contribution in [3.8, 4) is 11.5 Å². The SMILES string of the molecule is Cc1ccc2nc(-c3ccc(C)c(NC(=S)NC(=O)C(C)C)c3)oc2c1. The molecule has 6 heteroatoms. The summed E-state index contributed by atoms with van der Waals surface area (Å²) in [7, 11) is 0. The smallest absolute Gasteiger partial charge is 0.228 e. The molecule has 2 N–H and O–H groups in total. The lowest BCUT2D eigenvalue weighted by Crippen LogP contribution is -2.36. The van der Waals surface area contributed by atoms with E-state index in [9.17, 15) is 4.79 Å². The van der Waals surface area contributed by atoms with E-state index in [-0.39, 0.29) is 16.9 Å². The molecule has 3 aromatic rings. The summed E-state index contributed by atoms with van der Waals surface area (Å²) in [5.41, 5.74) is 5.34. The first-order valence-corrected chi connectivity index (χ1v) is 8.84. The van der Waals surface area contributed by atoms with Crippen LogP contribution < -0.4 is 10.6 Å². The summed E-state index contributed by atoms with van der Waals surface area (Å²) >= 11 is 5.24. The Kier molecular flexibility index (Phi) is 5.04. The quantitative estimate of drug-likeness (QED) is 0.663. The number of fused-ring (bicyclic) bond motifs is 1. The third-order valence-electron chi connectivity index (χ3n) is 4.04. The first-order valence-electron chi connectivity index (χ1n) is 8.43. The zero-order valence-corrected chi connectivity index (χ0v) is 16.0. The van der Waals surface area contributed by atoms with Crippen LogP contribution in [0.3, 0.4) is 0 Å². The van der Waals surface area contributed by atoms with Gasteiger partial charge in [0.25, 0.3) is 0 Å². The second kappa shape index (κ2) is 7.25. The lowest BCUT2D eigenvalue weighted by Gasteiger charge is -2.13. The highest BCUT2D eigenvalue weighted by Gasteiger charge is 2.12. The van der Waals surface area contributed by atoms with Crippen molar-refractivity contribution >= 4 is 40.0 Å². The van der Waals surface area contributed by atoms with Gasteiger partial charge in [0.2, 0.25) is 11.8 Å². The van der Waals surface area contributed by atoms with E-state index >= 15 is 0 Å². The molecule has 2 aromatic carbocycles. The van der Waals surface area contributed by atoms with E-state index in [1.165, 1.54) is 0 Å². The van der Waals surface area contributed by atoms with Crippen molar-refractivity contribution in [3.05, 3.63) is 47.5 Å². The Morgan fingerprint density at radius 2 is 1.92 bits per heavy atom. The monoisotopic (exact) mass is 367 g/mol. The molecule has 1 amide bonds. The van der Waals surface area contributed by atoms with Gasteiger partial charge in [0, 0.05) is 17.2 Å². The maximum atomic E-state index is 11.8. The standard InChI is InChI=1S/C20H21N3O2S/c1-11(2)18(24)23-20(26)22-16-10-14(7-6-13(16)4)19-21-15-8-5-12(3)9-17(15)25-19/h5-11H,1-4H3,(H2,22,23,24,26). The Hall–Kier alpha value is -2.73. The molecule has 0 unspecified atom stereocenters. The number of benzene rings is 2. The summed E-state index contributed by atoms with van der Waals surface area (Å²) in [6, 6.07) is 11.8. The van der Waals surface area contributed by atoms with Crippen LogP contribution in [0.4, 0.5) is 5.69 Å². The number of anilines is 1. The third-order valence-corrected chi connectivity index (χ3v) is 4.24. The van der Waals surface area contributed by atoms with E-state index in [1.54, 1.807) is 0 Å². The second-order valence-corrected chi connectivity index (χ2v) is 7.03. The van der Waals surface area contributed by atoms with Crippen LogP contribution in [0.25, 0.3) is 22.6 Å². The summed E-state index contributed by atoms with van der Waals surface area (Å²) in [5.74, 6) is 0.293. The zero-order chi connectivity index (χ0) is 18.8. The van der Waals surface area contributed by atoms with Gasteiger partial charge in [-0.05, 0) is 61.5 Å². The predicted octanol–water partition coefficient (Wildman–Crippen LogP) is 4.58. The molecular weight excluding hydrogens is 346 g/mol. The molecule has 0 aliphatic rings. The number of thiocarbonyl (C=S) groups is 1. The van der Waals surface area contributed by atoms with Crippen LogP contribution in [-0.4, -0.2) is 16.0 Å². The molecule has 5 nitrogen and oxygen atoms in total. The maximum Gasteiger partial charge on any atom is 0.228 e. The van der Waals surface area contributed by atoms with Crippen LogP contribution in [-0.2, 0) is 4.79 Å². The first-order chi connectivity index (χ1) is 12.3. The molecule has 0 aliphatic heterocycles. The van der Waals surface area contributed by atoms with Crippen molar-refractivity contribution < 1.29 is 9.21 Å². The molecule has 1 aromatic heterocycles. The number of aromatic nitrogens is 1. The normalized spacial score (nSPS) is 11.0. The first kappa shape index (κ1) is 18.1. The Bertz CT molecular complexity index is 992. The van der Waals surface area contributed by atoms with Gasteiger partial charge in [0.1, 0.15) is 5.52 Å². The molecule has 0 fully saturated rings. The molecule has 0 radical (unpaired) electrons. The molecule has 0 atom stereocenters. The van der Waals surface area contributed by atoms with E-state index < -0.39 is 0 Å². The number of nitrogens with zero attached hydrogens (tertiary/aromatic N) is 1. The molecule has 134 valence electrons. The average molecular weight is 367 g/mol. The van der Waals surface area contributed by atoms with Gasteiger partial charge in [-0.25, -0.2) is 4.98 Å². The van der Waals surface area contributed by atoms with Crippen molar-refractivity contribution in [2.45, 2.75) is 27.7 Å². The van der Waals surface area contributed by atoms with Gasteiger partial charge in [-0.2, -0.15) is 0 Å². The molecule has 0 spiro atoms. The van der Waals surface area contributed by atoms with Crippen molar-refractivity contribution in [1.29, 1.82) is 0 Å². The van der Waals surface area contributed by atoms with Crippen LogP contribution >= 0.6 is 12.2 Å². The summed E-state index contributed by atoms with van der Waals surface area (Å²) < 4.78 is 5.89. The fourth-order valence-corrected chi connectivity index (χ4v) is 2.67. The Morgan fingerprint density at radius 1 is 1.15 bits per heavy atom. The minimum Gasteiger partial charge on any atom is -0.436 e. The van der Waals surface area contributed by atoms with E-state index in [0.29, 0.717) is 5.89 Å². The fraction of sp³-hybridized carbons (Fsp3) is 0.250. The lowest BCUT2D eigenvalue weighted by atomic mass is 10.1. The number of amides is 1. The Labute approximate surface area is 157 Å². The van der Waals surface area contributed by atoms with Crippen LogP contribution in [0.5, 0.6) is 0 Å². The maximum absolute atomic E-state index is 11.8. The van der Waals surface area contributed by atoms with Crippen molar-refractivity contribution in [2.24, 2.45) is 5.92 Å². The molecule has 0 aliphatic carbocycles. The van der Waals surface area contributed by atoms with E-state index in [2.05, 4.69) is 15.6 Å². The van der Waals surface area contributed by atoms with Gasteiger partial charge >= 0.3 is 0 Å². The lowest BCUT2D eigenvalue weighted by molar-refractivity contribution is -0.122. The third kappa shape index (κ3) is 3.91. The average Bonchev–Trinajstić information content (AvgIpc) is 2.99. The summed E-state index contributed by atoms with van der Waals surface area (Å²) in [4.78, 5) is 16.3. The number of nitrogens with one attached hydrogen (secondary N) is 2.